The molecular formula is C16H14F2N4O2. The SMILES string of the molecule is C[C@@H](Nc1ccc2[nH]c(=O)[nH]c2c1)C(=O)Nc1ccc(F)cc1F. The van der Waals surface area contributed by atoms with Crippen molar-refractivity contribution in [3.05, 3.63) is 58.5 Å². The third-order valence-corrected chi connectivity index (χ3v) is 3.48. The van der Waals surface area contributed by atoms with E-state index >= 15 is 0 Å². The predicted molar refractivity (Wildman–Crippen MR) is 87.0 cm³/mol. The molecule has 0 radical (unpaired) electrons. The Morgan fingerprint density at radius 3 is 2.58 bits per heavy atom. The molecule has 0 aliphatic rings. The van der Waals surface area contributed by atoms with Crippen LogP contribution in [0.5, 0.6) is 0 Å². The summed E-state index contributed by atoms with van der Waals surface area (Å²) in [5.74, 6) is -2.05. The molecule has 4 N–H and O–H groups in total. The van der Waals surface area contributed by atoms with Crippen LogP contribution in [0.3, 0.4) is 0 Å². The number of anilines is 2. The monoisotopic (exact) mass is 332 g/mol. The Morgan fingerprint density at radius 2 is 1.83 bits per heavy atom. The fourth-order valence-electron chi connectivity index (χ4n) is 2.27. The molecule has 3 aromatic rings. The van der Waals surface area contributed by atoms with Gasteiger partial charge in [-0.2, -0.15) is 0 Å². The van der Waals surface area contributed by atoms with Crippen LogP contribution in [0, 0.1) is 11.6 Å². The van der Waals surface area contributed by atoms with Gasteiger partial charge in [0.05, 0.1) is 16.7 Å². The van der Waals surface area contributed by atoms with E-state index in [0.29, 0.717) is 22.8 Å². The lowest BCUT2D eigenvalue weighted by Gasteiger charge is -2.15. The molecule has 1 aromatic heterocycles. The Morgan fingerprint density at radius 1 is 1.08 bits per heavy atom. The molecule has 0 aliphatic heterocycles. The van der Waals surface area contributed by atoms with Gasteiger partial charge >= 0.3 is 5.69 Å². The molecule has 0 aliphatic carbocycles. The number of nitrogens with one attached hydrogen (secondary N) is 4. The number of fused-ring (bicyclic) bond motifs is 1. The van der Waals surface area contributed by atoms with Crippen LogP contribution in [0.4, 0.5) is 20.2 Å². The number of aromatic nitrogens is 2. The van der Waals surface area contributed by atoms with Crippen molar-refractivity contribution in [2.75, 3.05) is 10.6 Å². The number of rotatable bonds is 4. The van der Waals surface area contributed by atoms with Gasteiger partial charge in [0.2, 0.25) is 5.91 Å². The quantitative estimate of drug-likeness (QED) is 0.592. The summed E-state index contributed by atoms with van der Waals surface area (Å²) in [4.78, 5) is 28.6. The summed E-state index contributed by atoms with van der Waals surface area (Å²) >= 11 is 0. The topological polar surface area (TPSA) is 89.8 Å². The predicted octanol–water partition coefficient (Wildman–Crippen LogP) is 2.57. The van der Waals surface area contributed by atoms with Crippen LogP contribution in [0.2, 0.25) is 0 Å². The molecule has 0 saturated heterocycles. The first kappa shape index (κ1) is 15.7. The zero-order valence-corrected chi connectivity index (χ0v) is 12.6. The van der Waals surface area contributed by atoms with Crippen molar-refractivity contribution < 1.29 is 13.6 Å². The Hall–Kier alpha value is -3.16. The van der Waals surface area contributed by atoms with Gasteiger partial charge in [-0.25, -0.2) is 13.6 Å². The summed E-state index contributed by atoms with van der Waals surface area (Å²) in [6, 6.07) is 7.31. The highest BCUT2D eigenvalue weighted by Gasteiger charge is 2.15. The smallest absolute Gasteiger partial charge is 0.323 e. The summed E-state index contributed by atoms with van der Waals surface area (Å²) < 4.78 is 26.4. The van der Waals surface area contributed by atoms with Gasteiger partial charge in [-0.15, -0.1) is 0 Å². The summed E-state index contributed by atoms with van der Waals surface area (Å²) in [7, 11) is 0. The van der Waals surface area contributed by atoms with Gasteiger partial charge in [-0.05, 0) is 37.3 Å². The summed E-state index contributed by atoms with van der Waals surface area (Å²) in [6.45, 7) is 1.60. The molecule has 0 unspecified atom stereocenters. The van der Waals surface area contributed by atoms with Crippen LogP contribution in [0.15, 0.2) is 41.2 Å². The molecule has 8 heteroatoms. The van der Waals surface area contributed by atoms with Crippen LogP contribution >= 0.6 is 0 Å². The fourth-order valence-corrected chi connectivity index (χ4v) is 2.27. The summed E-state index contributed by atoms with van der Waals surface area (Å²) in [5, 5.41) is 5.34. The molecule has 24 heavy (non-hydrogen) atoms. The number of imidazole rings is 1. The summed E-state index contributed by atoms with van der Waals surface area (Å²) in [5.41, 5.74) is 1.44. The van der Waals surface area contributed by atoms with E-state index in [1.807, 2.05) is 0 Å². The van der Waals surface area contributed by atoms with Crippen LogP contribution in [0.1, 0.15) is 6.92 Å². The van der Waals surface area contributed by atoms with Gasteiger partial charge in [-0.3, -0.25) is 4.79 Å². The van der Waals surface area contributed by atoms with Crippen molar-refractivity contribution in [2.24, 2.45) is 0 Å². The highest BCUT2D eigenvalue weighted by Crippen LogP contribution is 2.17. The second-order valence-corrected chi connectivity index (χ2v) is 5.32. The van der Waals surface area contributed by atoms with Crippen molar-refractivity contribution in [1.29, 1.82) is 0 Å². The zero-order chi connectivity index (χ0) is 17.3. The molecule has 124 valence electrons. The first-order chi connectivity index (χ1) is 11.4. The lowest BCUT2D eigenvalue weighted by molar-refractivity contribution is -0.116. The van der Waals surface area contributed by atoms with E-state index in [1.165, 1.54) is 0 Å². The van der Waals surface area contributed by atoms with Gasteiger partial charge in [0.15, 0.2) is 0 Å². The molecule has 1 atom stereocenters. The van der Waals surface area contributed by atoms with Crippen LogP contribution in [-0.4, -0.2) is 21.9 Å². The van der Waals surface area contributed by atoms with Crippen LogP contribution < -0.4 is 16.3 Å². The molecular weight excluding hydrogens is 318 g/mol. The number of H-pyrrole nitrogens is 2. The van der Waals surface area contributed by atoms with Gasteiger partial charge in [0, 0.05) is 11.8 Å². The number of carbonyl (C=O) groups excluding carboxylic acids is 1. The second kappa shape index (κ2) is 6.15. The highest BCUT2D eigenvalue weighted by molar-refractivity contribution is 5.96. The van der Waals surface area contributed by atoms with E-state index in [1.54, 1.807) is 25.1 Å². The van der Waals surface area contributed by atoms with Crippen molar-refractivity contribution in [3.63, 3.8) is 0 Å². The van der Waals surface area contributed by atoms with Gasteiger partial charge in [0.25, 0.3) is 0 Å². The third kappa shape index (κ3) is 3.27. The number of hydrogen-bond donors (Lipinski definition) is 4. The minimum absolute atomic E-state index is 0.0968. The Bertz CT molecular complexity index is 964. The second-order valence-electron chi connectivity index (χ2n) is 5.32. The number of amides is 1. The lowest BCUT2D eigenvalue weighted by Crippen LogP contribution is -2.32. The highest BCUT2D eigenvalue weighted by atomic mass is 19.1. The maximum absolute atomic E-state index is 13.6. The molecule has 2 aromatic carbocycles. The number of carbonyl (C=O) groups is 1. The van der Waals surface area contributed by atoms with Gasteiger partial charge in [0.1, 0.15) is 17.7 Å². The normalized spacial score (nSPS) is 12.1. The molecule has 3 rings (SSSR count). The standard InChI is InChI=1S/C16H14F2N4O2/c1-8(15(23)20-12-4-2-9(17)6-11(12)18)19-10-3-5-13-14(7-10)22-16(24)21-13/h2-8,19H,1H3,(H,20,23)(H2,21,22,24)/t8-/m1/s1. The lowest BCUT2D eigenvalue weighted by atomic mass is 10.2. The van der Waals surface area contributed by atoms with E-state index in [9.17, 15) is 18.4 Å². The van der Waals surface area contributed by atoms with Crippen molar-refractivity contribution in [2.45, 2.75) is 13.0 Å². The Balaban J connectivity index is 1.71. The van der Waals surface area contributed by atoms with Crippen molar-refractivity contribution >= 4 is 28.3 Å². The van der Waals surface area contributed by atoms with Crippen molar-refractivity contribution in [3.8, 4) is 0 Å². The Kier molecular flexibility index (Phi) is 4.03. The van der Waals surface area contributed by atoms with Crippen LogP contribution in [-0.2, 0) is 4.79 Å². The van der Waals surface area contributed by atoms with Gasteiger partial charge < -0.3 is 20.6 Å². The molecule has 0 bridgehead atoms. The Labute approximate surface area is 134 Å². The minimum atomic E-state index is -0.845. The number of hydrogen-bond acceptors (Lipinski definition) is 3. The first-order valence-electron chi connectivity index (χ1n) is 7.17. The third-order valence-electron chi connectivity index (χ3n) is 3.48. The molecule has 6 nitrogen and oxygen atoms in total. The molecule has 1 heterocycles. The van der Waals surface area contributed by atoms with E-state index in [-0.39, 0.29) is 11.4 Å². The van der Waals surface area contributed by atoms with E-state index in [2.05, 4.69) is 20.6 Å². The molecule has 1 amide bonds. The minimum Gasteiger partial charge on any atom is -0.374 e. The number of benzene rings is 2. The molecule has 0 fully saturated rings. The van der Waals surface area contributed by atoms with Crippen molar-refractivity contribution in [1.82, 2.24) is 9.97 Å². The molecule has 0 spiro atoms. The zero-order valence-electron chi connectivity index (χ0n) is 12.6. The maximum atomic E-state index is 13.6. The number of halogens is 2. The van der Waals surface area contributed by atoms with E-state index in [4.69, 9.17) is 0 Å². The summed E-state index contributed by atoms with van der Waals surface area (Å²) in [6.07, 6.45) is 0. The maximum Gasteiger partial charge on any atom is 0.323 e. The average Bonchev–Trinajstić information content (AvgIpc) is 2.89. The largest absolute Gasteiger partial charge is 0.374 e. The van der Waals surface area contributed by atoms with E-state index < -0.39 is 23.6 Å². The van der Waals surface area contributed by atoms with Gasteiger partial charge in [-0.1, -0.05) is 0 Å². The first-order valence-corrected chi connectivity index (χ1v) is 7.17. The molecule has 0 saturated carbocycles. The number of aromatic amines is 2. The van der Waals surface area contributed by atoms with E-state index in [0.717, 1.165) is 12.1 Å². The fraction of sp³-hybridized carbons (Fsp3) is 0.125. The van der Waals surface area contributed by atoms with Crippen LogP contribution in [0.25, 0.3) is 11.0 Å². The average molecular weight is 332 g/mol.